The van der Waals surface area contributed by atoms with Crippen LogP contribution in [0.5, 0.6) is 0 Å². The summed E-state index contributed by atoms with van der Waals surface area (Å²) < 4.78 is 28.0. The van der Waals surface area contributed by atoms with Gasteiger partial charge in [0.1, 0.15) is 5.82 Å². The average molecular weight is 516 g/mol. The van der Waals surface area contributed by atoms with Crippen LogP contribution in [0.2, 0.25) is 0 Å². The molecule has 0 aliphatic carbocycles. The molecule has 1 aromatic heterocycles. The zero-order chi connectivity index (χ0) is 22.9. The maximum absolute atomic E-state index is 12.4. The van der Waals surface area contributed by atoms with E-state index in [4.69, 9.17) is 5.11 Å². The molecule has 0 fully saturated rings. The molecule has 1 atom stereocenters. The van der Waals surface area contributed by atoms with E-state index in [0.717, 1.165) is 6.42 Å². The Morgan fingerprint density at radius 1 is 1.10 bits per heavy atom. The zero-order valence-corrected chi connectivity index (χ0v) is 20.1. The lowest BCUT2D eigenvalue weighted by molar-refractivity contribution is 0.249. The van der Waals surface area contributed by atoms with Gasteiger partial charge in [0.15, 0.2) is 0 Å². The zero-order valence-electron chi connectivity index (χ0n) is 17.7. The van der Waals surface area contributed by atoms with Crippen LogP contribution in [-0.2, 0) is 10.0 Å². The molecule has 9 nitrogen and oxygen atoms in total. The molecule has 0 amide bonds. The van der Waals surface area contributed by atoms with Crippen LogP contribution in [0.4, 0.5) is 17.5 Å². The highest BCUT2D eigenvalue weighted by Crippen LogP contribution is 2.24. The monoisotopic (exact) mass is 515 g/mol. The first kappa shape index (κ1) is 25.5. The molecule has 172 valence electrons. The second kappa shape index (κ2) is 12.3. The third-order valence-corrected chi connectivity index (χ3v) is 6.67. The van der Waals surface area contributed by atoms with E-state index >= 15 is 0 Å². The smallest absolute Gasteiger partial charge is 0.240 e. The Morgan fingerprint density at radius 2 is 1.81 bits per heavy atom. The number of halogens is 1. The van der Waals surface area contributed by atoms with Gasteiger partial charge in [-0.3, -0.25) is 0 Å². The lowest BCUT2D eigenvalue weighted by atomic mass is 10.1. The van der Waals surface area contributed by atoms with Gasteiger partial charge in [0.25, 0.3) is 0 Å². The number of anilines is 3. The normalized spacial score (nSPS) is 12.7. The number of rotatable bonds is 13. The molecular weight excluding hydrogens is 486 g/mol. The predicted octanol–water partition coefficient (Wildman–Crippen LogP) is 2.85. The molecule has 1 aromatic carbocycles. The summed E-state index contributed by atoms with van der Waals surface area (Å²) in [6.45, 7) is 4.42. The van der Waals surface area contributed by atoms with Gasteiger partial charge < -0.3 is 20.8 Å². The van der Waals surface area contributed by atoms with E-state index in [1.165, 1.54) is 12.1 Å². The quantitative estimate of drug-likeness (QED) is 0.257. The maximum Gasteiger partial charge on any atom is 0.240 e. The summed E-state index contributed by atoms with van der Waals surface area (Å²) in [6, 6.07) is 6.15. The highest BCUT2D eigenvalue weighted by atomic mass is 79.9. The standard InChI is InChI=1S/C20H30BrN5O4S/c1-14(2)18(13-28)25-19-17(21)12-22-20(26-19)24-15-6-8-16(9-7-15)31(29,30)23-10-4-3-5-11-27/h6-9,12,14,18,23,27-28H,3-5,10-11,13H2,1-2H3,(H2,22,24,25,26)/t18-/m0/s1. The fourth-order valence-electron chi connectivity index (χ4n) is 2.68. The van der Waals surface area contributed by atoms with Crippen molar-refractivity contribution in [2.75, 3.05) is 30.4 Å². The molecule has 2 rings (SSSR count). The van der Waals surface area contributed by atoms with Crippen LogP contribution in [0.3, 0.4) is 0 Å². The van der Waals surface area contributed by atoms with Gasteiger partial charge in [0.2, 0.25) is 16.0 Å². The molecule has 0 saturated carbocycles. The average Bonchev–Trinajstić information content (AvgIpc) is 2.74. The van der Waals surface area contributed by atoms with Gasteiger partial charge in [-0.25, -0.2) is 18.1 Å². The highest BCUT2D eigenvalue weighted by molar-refractivity contribution is 9.10. The summed E-state index contributed by atoms with van der Waals surface area (Å²) in [4.78, 5) is 8.83. The Hall–Kier alpha value is -1.79. The van der Waals surface area contributed by atoms with Crippen molar-refractivity contribution < 1.29 is 18.6 Å². The molecule has 2 aromatic rings. The number of aromatic nitrogens is 2. The van der Waals surface area contributed by atoms with Crippen molar-refractivity contribution in [1.29, 1.82) is 0 Å². The summed E-state index contributed by atoms with van der Waals surface area (Å²) in [6.07, 6.45) is 3.70. The first-order valence-electron chi connectivity index (χ1n) is 10.1. The minimum Gasteiger partial charge on any atom is -0.396 e. The largest absolute Gasteiger partial charge is 0.396 e. The van der Waals surface area contributed by atoms with Crippen molar-refractivity contribution in [3.63, 3.8) is 0 Å². The Labute approximate surface area is 191 Å². The minimum atomic E-state index is -3.59. The molecular formula is C20H30BrN5O4S. The van der Waals surface area contributed by atoms with Gasteiger partial charge in [-0.2, -0.15) is 4.98 Å². The number of benzene rings is 1. The molecule has 0 radical (unpaired) electrons. The number of unbranched alkanes of at least 4 members (excludes halogenated alkanes) is 2. The van der Waals surface area contributed by atoms with Crippen molar-refractivity contribution in [3.05, 3.63) is 34.9 Å². The van der Waals surface area contributed by atoms with Crippen LogP contribution in [0, 0.1) is 5.92 Å². The maximum atomic E-state index is 12.4. The lowest BCUT2D eigenvalue weighted by Gasteiger charge is -2.21. The summed E-state index contributed by atoms with van der Waals surface area (Å²) >= 11 is 3.41. The minimum absolute atomic E-state index is 0.0255. The predicted molar refractivity (Wildman–Crippen MR) is 125 cm³/mol. The van der Waals surface area contributed by atoms with E-state index in [1.807, 2.05) is 13.8 Å². The van der Waals surface area contributed by atoms with Crippen LogP contribution in [0.25, 0.3) is 0 Å². The van der Waals surface area contributed by atoms with Gasteiger partial charge in [-0.15, -0.1) is 0 Å². The third-order valence-electron chi connectivity index (χ3n) is 4.62. The Bertz CT molecular complexity index is 926. The van der Waals surface area contributed by atoms with Crippen LogP contribution < -0.4 is 15.4 Å². The van der Waals surface area contributed by atoms with Gasteiger partial charge in [-0.1, -0.05) is 13.8 Å². The van der Waals surface area contributed by atoms with Gasteiger partial charge in [-0.05, 0) is 65.4 Å². The van der Waals surface area contributed by atoms with E-state index in [9.17, 15) is 13.5 Å². The number of nitrogens with zero attached hydrogens (tertiary/aromatic N) is 2. The van der Waals surface area contributed by atoms with Gasteiger partial charge in [0.05, 0.1) is 22.0 Å². The van der Waals surface area contributed by atoms with Gasteiger partial charge >= 0.3 is 0 Å². The molecule has 0 unspecified atom stereocenters. The second-order valence-corrected chi connectivity index (χ2v) is 10.0. The molecule has 0 saturated heterocycles. The van der Waals surface area contributed by atoms with Crippen molar-refractivity contribution in [3.8, 4) is 0 Å². The van der Waals surface area contributed by atoms with Crippen LogP contribution in [0.15, 0.2) is 39.8 Å². The summed E-state index contributed by atoms with van der Waals surface area (Å²) in [7, 11) is -3.59. The molecule has 0 aliphatic heterocycles. The fourth-order valence-corrected chi connectivity index (χ4v) is 4.06. The summed E-state index contributed by atoms with van der Waals surface area (Å²) in [5, 5.41) is 24.5. The van der Waals surface area contributed by atoms with Gasteiger partial charge in [0, 0.05) is 25.0 Å². The van der Waals surface area contributed by atoms with E-state index in [0.29, 0.717) is 41.3 Å². The molecule has 0 spiro atoms. The molecule has 5 N–H and O–H groups in total. The first-order valence-corrected chi connectivity index (χ1v) is 12.4. The molecule has 1 heterocycles. The first-order chi connectivity index (χ1) is 14.8. The number of nitrogens with one attached hydrogen (secondary N) is 3. The van der Waals surface area contributed by atoms with Crippen LogP contribution >= 0.6 is 15.9 Å². The lowest BCUT2D eigenvalue weighted by Crippen LogP contribution is -2.30. The van der Waals surface area contributed by atoms with Crippen LogP contribution in [0.1, 0.15) is 33.1 Å². The second-order valence-electron chi connectivity index (χ2n) is 7.40. The van der Waals surface area contributed by atoms with Crippen molar-refractivity contribution in [1.82, 2.24) is 14.7 Å². The number of sulfonamides is 1. The third kappa shape index (κ3) is 8.00. The number of hydrogen-bond acceptors (Lipinski definition) is 8. The van der Waals surface area contributed by atoms with Crippen molar-refractivity contribution in [2.45, 2.75) is 44.0 Å². The fraction of sp³-hybridized carbons (Fsp3) is 0.500. The van der Waals surface area contributed by atoms with E-state index < -0.39 is 10.0 Å². The number of hydrogen-bond donors (Lipinski definition) is 5. The summed E-state index contributed by atoms with van der Waals surface area (Å²) in [5.74, 6) is 1.10. The molecule has 31 heavy (non-hydrogen) atoms. The Kier molecular flexibility index (Phi) is 10.1. The highest BCUT2D eigenvalue weighted by Gasteiger charge is 2.16. The molecule has 11 heteroatoms. The number of aliphatic hydroxyl groups is 2. The summed E-state index contributed by atoms with van der Waals surface area (Å²) in [5.41, 5.74) is 0.637. The SMILES string of the molecule is CC(C)[C@H](CO)Nc1nc(Nc2ccc(S(=O)(=O)NCCCCCO)cc2)ncc1Br. The van der Waals surface area contributed by atoms with E-state index in [-0.39, 0.29) is 30.1 Å². The van der Waals surface area contributed by atoms with Crippen LogP contribution in [-0.4, -0.2) is 54.4 Å². The van der Waals surface area contributed by atoms with E-state index in [1.54, 1.807) is 18.3 Å². The molecule has 0 aliphatic rings. The number of aliphatic hydroxyl groups excluding tert-OH is 2. The topological polar surface area (TPSA) is 136 Å². The Morgan fingerprint density at radius 3 is 2.42 bits per heavy atom. The van der Waals surface area contributed by atoms with Crippen molar-refractivity contribution in [2.24, 2.45) is 5.92 Å². The Balaban J connectivity index is 2.03. The molecule has 0 bridgehead atoms. The van der Waals surface area contributed by atoms with E-state index in [2.05, 4.69) is 41.3 Å². The van der Waals surface area contributed by atoms with Crippen molar-refractivity contribution >= 4 is 43.4 Å².